The molecule has 0 nitrogen and oxygen atoms in total. The minimum absolute atomic E-state index is 0.608. The van der Waals surface area contributed by atoms with Crippen LogP contribution < -0.4 is 0 Å². The quantitative estimate of drug-likeness (QED) is 0.545. The number of aryl methyl sites for hydroxylation is 1. The Bertz CT molecular complexity index is 462. The molecule has 0 saturated heterocycles. The molecule has 0 spiro atoms. The van der Waals surface area contributed by atoms with Gasteiger partial charge in [0.15, 0.2) is 0 Å². The molecule has 1 aromatic heterocycles. The highest BCUT2D eigenvalue weighted by Gasteiger charge is 2.09. The van der Waals surface area contributed by atoms with Gasteiger partial charge in [-0.05, 0) is 63.0 Å². The Kier molecular flexibility index (Phi) is 3.34. The maximum atomic E-state index is 5.93. The predicted octanol–water partition coefficient (Wildman–Crippen LogP) is 4.81. The lowest BCUT2D eigenvalue weighted by Gasteiger charge is -2.07. The Labute approximate surface area is 106 Å². The summed E-state index contributed by atoms with van der Waals surface area (Å²) in [6.07, 6.45) is 1.09. The lowest BCUT2D eigenvalue weighted by atomic mass is 10.1. The first-order valence-corrected chi connectivity index (χ1v) is 7.00. The lowest BCUT2D eigenvalue weighted by Crippen LogP contribution is -1.90. The van der Waals surface area contributed by atoms with Crippen LogP contribution in [0.2, 0.25) is 0 Å². The number of benzene rings is 1. The van der Waals surface area contributed by atoms with Gasteiger partial charge in [0, 0.05) is 14.2 Å². The van der Waals surface area contributed by atoms with Crippen LogP contribution in [0.5, 0.6) is 0 Å². The largest absolute Gasteiger partial charge is 0.143 e. The van der Waals surface area contributed by atoms with Crippen molar-refractivity contribution in [2.45, 2.75) is 19.2 Å². The highest BCUT2D eigenvalue weighted by molar-refractivity contribution is 14.1. The first-order chi connectivity index (χ1) is 6.77. The van der Waals surface area contributed by atoms with Gasteiger partial charge in [-0.15, -0.1) is 22.9 Å². The van der Waals surface area contributed by atoms with Crippen molar-refractivity contribution in [1.82, 2.24) is 0 Å². The van der Waals surface area contributed by atoms with Crippen molar-refractivity contribution in [3.8, 4) is 0 Å². The monoisotopic (exact) mass is 336 g/mol. The van der Waals surface area contributed by atoms with Gasteiger partial charge in [-0.3, -0.25) is 0 Å². The second kappa shape index (κ2) is 4.37. The molecule has 0 fully saturated rings. The van der Waals surface area contributed by atoms with Crippen LogP contribution >= 0.6 is 45.5 Å². The standard InChI is InChI=1S/C11H10ClIS/c1-2-8-9-3-4-14-11(9)7(6-12)5-10(8)13/h3-5H,2,6H2,1H3. The van der Waals surface area contributed by atoms with Crippen molar-refractivity contribution in [3.05, 3.63) is 32.2 Å². The second-order valence-corrected chi connectivity index (χ2v) is 5.49. The number of rotatable bonds is 2. The average molecular weight is 337 g/mol. The van der Waals surface area contributed by atoms with Gasteiger partial charge in [-0.25, -0.2) is 0 Å². The Morgan fingerprint density at radius 2 is 2.29 bits per heavy atom. The third-order valence-electron chi connectivity index (χ3n) is 2.37. The van der Waals surface area contributed by atoms with Gasteiger partial charge >= 0.3 is 0 Å². The Morgan fingerprint density at radius 3 is 2.93 bits per heavy atom. The number of alkyl halides is 1. The molecule has 0 saturated carbocycles. The highest BCUT2D eigenvalue weighted by Crippen LogP contribution is 2.32. The van der Waals surface area contributed by atoms with Crippen molar-refractivity contribution in [3.63, 3.8) is 0 Å². The molecule has 3 heteroatoms. The van der Waals surface area contributed by atoms with Gasteiger partial charge in [0.1, 0.15) is 0 Å². The number of halogens is 2. The van der Waals surface area contributed by atoms with E-state index in [1.165, 1.54) is 24.8 Å². The van der Waals surface area contributed by atoms with Crippen molar-refractivity contribution in [1.29, 1.82) is 0 Å². The molecular formula is C11H10ClIS. The third-order valence-corrected chi connectivity index (χ3v) is 4.61. The van der Waals surface area contributed by atoms with E-state index in [0.717, 1.165) is 6.42 Å². The van der Waals surface area contributed by atoms with Gasteiger partial charge in [0.25, 0.3) is 0 Å². The fourth-order valence-electron chi connectivity index (χ4n) is 1.69. The fourth-order valence-corrected chi connectivity index (χ4v) is 3.97. The summed E-state index contributed by atoms with van der Waals surface area (Å²) in [5, 5.41) is 3.54. The molecule has 0 bridgehead atoms. The van der Waals surface area contributed by atoms with E-state index in [1.54, 1.807) is 11.3 Å². The molecule has 74 valence electrons. The number of thiophene rings is 1. The molecule has 0 aliphatic carbocycles. The minimum atomic E-state index is 0.608. The summed E-state index contributed by atoms with van der Waals surface area (Å²) < 4.78 is 2.70. The zero-order valence-electron chi connectivity index (χ0n) is 7.81. The summed E-state index contributed by atoms with van der Waals surface area (Å²) in [7, 11) is 0. The first-order valence-electron chi connectivity index (χ1n) is 4.51. The predicted molar refractivity (Wildman–Crippen MR) is 73.5 cm³/mol. The van der Waals surface area contributed by atoms with Crippen LogP contribution in [0.4, 0.5) is 0 Å². The van der Waals surface area contributed by atoms with E-state index in [9.17, 15) is 0 Å². The minimum Gasteiger partial charge on any atom is -0.143 e. The SMILES string of the molecule is CCc1c(I)cc(CCl)c2sccc12. The molecule has 0 radical (unpaired) electrons. The molecule has 1 heterocycles. The number of hydrogen-bond acceptors (Lipinski definition) is 1. The highest BCUT2D eigenvalue weighted by atomic mass is 127. The summed E-state index contributed by atoms with van der Waals surface area (Å²) in [6.45, 7) is 2.20. The average Bonchev–Trinajstić information content (AvgIpc) is 2.65. The summed E-state index contributed by atoms with van der Waals surface area (Å²) in [6, 6.07) is 4.42. The van der Waals surface area contributed by atoms with E-state index in [0.29, 0.717) is 5.88 Å². The van der Waals surface area contributed by atoms with Crippen LogP contribution in [-0.4, -0.2) is 0 Å². The van der Waals surface area contributed by atoms with Crippen molar-refractivity contribution in [2.75, 3.05) is 0 Å². The second-order valence-electron chi connectivity index (χ2n) is 3.15. The molecule has 0 N–H and O–H groups in total. The zero-order valence-corrected chi connectivity index (χ0v) is 11.5. The van der Waals surface area contributed by atoms with Crippen LogP contribution in [-0.2, 0) is 12.3 Å². The van der Waals surface area contributed by atoms with E-state index in [-0.39, 0.29) is 0 Å². The molecule has 14 heavy (non-hydrogen) atoms. The fraction of sp³-hybridized carbons (Fsp3) is 0.273. The van der Waals surface area contributed by atoms with Gasteiger partial charge in [-0.2, -0.15) is 0 Å². The summed E-state index contributed by atoms with van der Waals surface area (Å²) in [5.41, 5.74) is 2.72. The zero-order chi connectivity index (χ0) is 10.1. The molecule has 1 aromatic carbocycles. The first kappa shape index (κ1) is 10.7. The summed E-state index contributed by atoms with van der Waals surface area (Å²) >= 11 is 10.1. The van der Waals surface area contributed by atoms with Crippen molar-refractivity contribution in [2.24, 2.45) is 0 Å². The molecule has 0 aliphatic rings. The summed E-state index contributed by atoms with van der Waals surface area (Å²) in [4.78, 5) is 0. The maximum absolute atomic E-state index is 5.93. The number of fused-ring (bicyclic) bond motifs is 1. The van der Waals surface area contributed by atoms with E-state index in [4.69, 9.17) is 11.6 Å². The van der Waals surface area contributed by atoms with Crippen LogP contribution in [0.25, 0.3) is 10.1 Å². The third kappa shape index (κ3) is 1.68. The molecule has 2 aromatic rings. The molecule has 0 unspecified atom stereocenters. The van der Waals surface area contributed by atoms with Gasteiger partial charge in [0.05, 0.1) is 0 Å². The Hall–Kier alpha value is 0.200. The molecule has 0 amide bonds. The molecule has 0 aliphatic heterocycles. The Morgan fingerprint density at radius 1 is 1.50 bits per heavy atom. The van der Waals surface area contributed by atoms with Crippen LogP contribution in [0, 0.1) is 3.57 Å². The van der Waals surface area contributed by atoms with Crippen LogP contribution in [0.3, 0.4) is 0 Å². The number of hydrogen-bond donors (Lipinski definition) is 0. The molecular weight excluding hydrogens is 327 g/mol. The smallest absolute Gasteiger partial charge is 0.0488 e. The van der Waals surface area contributed by atoms with Crippen molar-refractivity contribution >= 4 is 55.6 Å². The van der Waals surface area contributed by atoms with Gasteiger partial charge < -0.3 is 0 Å². The van der Waals surface area contributed by atoms with Crippen molar-refractivity contribution < 1.29 is 0 Å². The molecule has 2 rings (SSSR count). The maximum Gasteiger partial charge on any atom is 0.0488 e. The Balaban J connectivity index is 2.81. The van der Waals surface area contributed by atoms with E-state index >= 15 is 0 Å². The van der Waals surface area contributed by atoms with Gasteiger partial charge in [0.2, 0.25) is 0 Å². The topological polar surface area (TPSA) is 0 Å². The lowest BCUT2D eigenvalue weighted by molar-refractivity contribution is 1.14. The van der Waals surface area contributed by atoms with E-state index < -0.39 is 0 Å². The van der Waals surface area contributed by atoms with E-state index in [1.807, 2.05) is 0 Å². The van der Waals surface area contributed by atoms with Crippen LogP contribution in [0.15, 0.2) is 17.5 Å². The normalized spacial score (nSPS) is 11.1. The summed E-state index contributed by atoms with van der Waals surface area (Å²) in [5.74, 6) is 0.608. The van der Waals surface area contributed by atoms with Crippen LogP contribution in [0.1, 0.15) is 18.1 Å². The van der Waals surface area contributed by atoms with E-state index in [2.05, 4.69) is 47.0 Å². The van der Waals surface area contributed by atoms with Gasteiger partial charge in [-0.1, -0.05) is 6.92 Å². The molecule has 0 atom stereocenters.